The number of esters is 1. The molecule has 1 atom stereocenters. The molecule has 0 bridgehead atoms. The molecular formula is C16H20N2O3. The summed E-state index contributed by atoms with van der Waals surface area (Å²) in [5.41, 5.74) is 1.50. The van der Waals surface area contributed by atoms with E-state index in [-0.39, 0.29) is 11.8 Å². The van der Waals surface area contributed by atoms with E-state index in [1.54, 1.807) is 6.07 Å². The monoisotopic (exact) mass is 288 g/mol. The van der Waals surface area contributed by atoms with Gasteiger partial charge in [0, 0.05) is 24.3 Å². The third-order valence-corrected chi connectivity index (χ3v) is 3.56. The quantitative estimate of drug-likeness (QED) is 0.877. The number of aryl methyl sites for hydroxylation is 1. The van der Waals surface area contributed by atoms with Gasteiger partial charge in [0.25, 0.3) is 5.91 Å². The second kappa shape index (κ2) is 5.99. The van der Waals surface area contributed by atoms with Crippen LogP contribution < -0.4 is 5.32 Å². The fraction of sp³-hybridized carbons (Fsp3) is 0.375. The van der Waals surface area contributed by atoms with Gasteiger partial charge in [-0.05, 0) is 29.5 Å². The molecule has 1 aromatic carbocycles. The van der Waals surface area contributed by atoms with Crippen LogP contribution in [0.4, 0.5) is 0 Å². The first kappa shape index (κ1) is 15.1. The van der Waals surface area contributed by atoms with Gasteiger partial charge in [0.15, 0.2) is 0 Å². The Morgan fingerprint density at radius 2 is 1.95 bits per heavy atom. The van der Waals surface area contributed by atoms with Crippen LogP contribution in [0, 0.1) is 5.92 Å². The van der Waals surface area contributed by atoms with Crippen LogP contribution in [0.15, 0.2) is 30.5 Å². The van der Waals surface area contributed by atoms with Crippen LogP contribution in [0.25, 0.3) is 10.9 Å². The van der Waals surface area contributed by atoms with Gasteiger partial charge in [0.2, 0.25) is 0 Å². The molecule has 2 aromatic rings. The van der Waals surface area contributed by atoms with Crippen molar-refractivity contribution in [3.63, 3.8) is 0 Å². The molecular weight excluding hydrogens is 268 g/mol. The standard InChI is InChI=1S/C16H20N2O3/c1-10(2)14(16(20)21-4)17-15(19)12-6-5-11-7-8-18(3)13(11)9-12/h5-10,14H,1-4H3,(H,17,19). The molecule has 0 aliphatic heterocycles. The molecule has 1 aromatic heterocycles. The molecule has 21 heavy (non-hydrogen) atoms. The molecule has 1 amide bonds. The van der Waals surface area contributed by atoms with E-state index < -0.39 is 12.0 Å². The number of nitrogens with zero attached hydrogens (tertiary/aromatic N) is 1. The summed E-state index contributed by atoms with van der Waals surface area (Å²) in [6, 6.07) is 6.81. The molecule has 2 rings (SSSR count). The number of rotatable bonds is 4. The number of fused-ring (bicyclic) bond motifs is 1. The maximum atomic E-state index is 12.3. The zero-order valence-electron chi connectivity index (χ0n) is 12.7. The van der Waals surface area contributed by atoms with Crippen molar-refractivity contribution in [3.05, 3.63) is 36.0 Å². The maximum absolute atomic E-state index is 12.3. The van der Waals surface area contributed by atoms with Crippen molar-refractivity contribution in [2.24, 2.45) is 13.0 Å². The second-order valence-corrected chi connectivity index (χ2v) is 5.42. The fourth-order valence-corrected chi connectivity index (χ4v) is 2.25. The lowest BCUT2D eigenvalue weighted by Gasteiger charge is -2.19. The lowest BCUT2D eigenvalue weighted by molar-refractivity contribution is -0.144. The Labute approximate surface area is 123 Å². The van der Waals surface area contributed by atoms with Crippen molar-refractivity contribution in [1.29, 1.82) is 0 Å². The summed E-state index contributed by atoms with van der Waals surface area (Å²) in [5, 5.41) is 3.81. The first-order chi connectivity index (χ1) is 9.93. The summed E-state index contributed by atoms with van der Waals surface area (Å²) in [5.74, 6) is -0.749. The highest BCUT2D eigenvalue weighted by Crippen LogP contribution is 2.17. The summed E-state index contributed by atoms with van der Waals surface area (Å²) >= 11 is 0. The van der Waals surface area contributed by atoms with Crippen molar-refractivity contribution < 1.29 is 14.3 Å². The highest BCUT2D eigenvalue weighted by molar-refractivity contribution is 5.99. The van der Waals surface area contributed by atoms with Crippen LogP contribution >= 0.6 is 0 Å². The highest BCUT2D eigenvalue weighted by atomic mass is 16.5. The van der Waals surface area contributed by atoms with E-state index >= 15 is 0 Å². The minimum atomic E-state index is -0.647. The molecule has 112 valence electrons. The third kappa shape index (κ3) is 3.07. The van der Waals surface area contributed by atoms with Gasteiger partial charge >= 0.3 is 5.97 Å². The van der Waals surface area contributed by atoms with Gasteiger partial charge in [-0.1, -0.05) is 19.9 Å². The minimum absolute atomic E-state index is 0.0415. The van der Waals surface area contributed by atoms with E-state index in [4.69, 9.17) is 4.74 Å². The summed E-state index contributed by atoms with van der Waals surface area (Å²) in [4.78, 5) is 24.0. The molecule has 0 radical (unpaired) electrons. The first-order valence-electron chi connectivity index (χ1n) is 6.88. The molecule has 5 heteroatoms. The van der Waals surface area contributed by atoms with Crippen LogP contribution in [-0.4, -0.2) is 29.6 Å². The summed E-state index contributed by atoms with van der Waals surface area (Å²) in [6.07, 6.45) is 1.94. The largest absolute Gasteiger partial charge is 0.467 e. The molecule has 1 N–H and O–H groups in total. The Bertz CT molecular complexity index is 673. The number of hydrogen-bond donors (Lipinski definition) is 1. The number of methoxy groups -OCH3 is 1. The zero-order valence-corrected chi connectivity index (χ0v) is 12.7. The molecule has 0 saturated carbocycles. The number of benzene rings is 1. The van der Waals surface area contributed by atoms with Crippen LogP contribution in [0.3, 0.4) is 0 Å². The normalized spacial score (nSPS) is 12.4. The third-order valence-electron chi connectivity index (χ3n) is 3.56. The topological polar surface area (TPSA) is 60.3 Å². The molecule has 0 aliphatic carbocycles. The van der Waals surface area contributed by atoms with E-state index in [2.05, 4.69) is 5.32 Å². The van der Waals surface area contributed by atoms with E-state index in [9.17, 15) is 9.59 Å². The van der Waals surface area contributed by atoms with Crippen LogP contribution in [0.5, 0.6) is 0 Å². The molecule has 0 spiro atoms. The molecule has 1 unspecified atom stereocenters. The predicted molar refractivity (Wildman–Crippen MR) is 81.0 cm³/mol. The summed E-state index contributed by atoms with van der Waals surface area (Å²) in [7, 11) is 3.25. The molecule has 0 saturated heterocycles. The predicted octanol–water partition coefficient (Wildman–Crippen LogP) is 2.11. The number of nitrogens with one attached hydrogen (secondary N) is 1. The van der Waals surface area contributed by atoms with Crippen molar-refractivity contribution in [3.8, 4) is 0 Å². The van der Waals surface area contributed by atoms with Gasteiger partial charge in [-0.25, -0.2) is 4.79 Å². The van der Waals surface area contributed by atoms with E-state index in [1.807, 2.05) is 49.9 Å². The van der Waals surface area contributed by atoms with Crippen molar-refractivity contribution in [1.82, 2.24) is 9.88 Å². The Morgan fingerprint density at radius 1 is 1.24 bits per heavy atom. The van der Waals surface area contributed by atoms with Crippen LogP contribution in [0.1, 0.15) is 24.2 Å². The number of carbonyl (C=O) groups is 2. The minimum Gasteiger partial charge on any atom is -0.467 e. The maximum Gasteiger partial charge on any atom is 0.328 e. The van der Waals surface area contributed by atoms with Crippen LogP contribution in [-0.2, 0) is 16.6 Å². The lowest BCUT2D eigenvalue weighted by atomic mass is 10.0. The lowest BCUT2D eigenvalue weighted by Crippen LogP contribution is -2.45. The molecule has 1 heterocycles. The Balaban J connectivity index is 2.24. The Hall–Kier alpha value is -2.30. The fourth-order valence-electron chi connectivity index (χ4n) is 2.25. The smallest absolute Gasteiger partial charge is 0.328 e. The Morgan fingerprint density at radius 3 is 2.57 bits per heavy atom. The first-order valence-corrected chi connectivity index (χ1v) is 6.88. The van der Waals surface area contributed by atoms with Crippen molar-refractivity contribution in [2.45, 2.75) is 19.9 Å². The number of amides is 1. The molecule has 5 nitrogen and oxygen atoms in total. The molecule has 0 aliphatic rings. The van der Waals surface area contributed by atoms with Gasteiger partial charge in [0.1, 0.15) is 6.04 Å². The SMILES string of the molecule is COC(=O)C(NC(=O)c1ccc2ccn(C)c2c1)C(C)C. The average molecular weight is 288 g/mol. The Kier molecular flexibility index (Phi) is 4.31. The number of hydrogen-bond acceptors (Lipinski definition) is 3. The van der Waals surface area contributed by atoms with Gasteiger partial charge in [-0.2, -0.15) is 0 Å². The van der Waals surface area contributed by atoms with Gasteiger partial charge < -0.3 is 14.6 Å². The van der Waals surface area contributed by atoms with Gasteiger partial charge in [-0.15, -0.1) is 0 Å². The summed E-state index contributed by atoms with van der Waals surface area (Å²) < 4.78 is 6.68. The number of aromatic nitrogens is 1. The summed E-state index contributed by atoms with van der Waals surface area (Å²) in [6.45, 7) is 3.73. The highest BCUT2D eigenvalue weighted by Gasteiger charge is 2.25. The van der Waals surface area contributed by atoms with E-state index in [0.717, 1.165) is 10.9 Å². The number of ether oxygens (including phenoxy) is 1. The van der Waals surface area contributed by atoms with Crippen LogP contribution in [0.2, 0.25) is 0 Å². The number of carbonyl (C=O) groups excluding carboxylic acids is 2. The molecule has 0 fully saturated rings. The van der Waals surface area contributed by atoms with E-state index in [1.165, 1.54) is 7.11 Å². The van der Waals surface area contributed by atoms with E-state index in [0.29, 0.717) is 5.56 Å². The zero-order chi connectivity index (χ0) is 15.6. The van der Waals surface area contributed by atoms with Gasteiger partial charge in [-0.3, -0.25) is 4.79 Å². The average Bonchev–Trinajstić information content (AvgIpc) is 2.84. The van der Waals surface area contributed by atoms with Crippen molar-refractivity contribution in [2.75, 3.05) is 7.11 Å². The van der Waals surface area contributed by atoms with Crippen molar-refractivity contribution >= 4 is 22.8 Å². The second-order valence-electron chi connectivity index (χ2n) is 5.42. The van der Waals surface area contributed by atoms with Gasteiger partial charge in [0.05, 0.1) is 7.11 Å².